The molecule has 7 heteroatoms. The molecule has 0 spiro atoms. The molecule has 4 rings (SSSR count). The number of nitrogens with one attached hydrogen (secondary N) is 1. The van der Waals surface area contributed by atoms with E-state index in [1.807, 2.05) is 6.20 Å². The summed E-state index contributed by atoms with van der Waals surface area (Å²) in [5.41, 5.74) is 4.41. The fraction of sp³-hybridized carbons (Fsp3) is 0.480. The summed E-state index contributed by atoms with van der Waals surface area (Å²) in [6.07, 6.45) is 6.50. The fourth-order valence-corrected chi connectivity index (χ4v) is 4.58. The first-order valence-electron chi connectivity index (χ1n) is 11.5. The Morgan fingerprint density at radius 2 is 1.94 bits per heavy atom. The van der Waals surface area contributed by atoms with E-state index in [2.05, 4.69) is 64.3 Å². The predicted molar refractivity (Wildman–Crippen MR) is 127 cm³/mol. The van der Waals surface area contributed by atoms with Crippen LogP contribution in [0.15, 0.2) is 42.3 Å². The first-order chi connectivity index (χ1) is 15.6. The largest absolute Gasteiger partial charge is 0.501 e. The molecule has 0 bridgehead atoms. The van der Waals surface area contributed by atoms with Crippen molar-refractivity contribution in [2.75, 3.05) is 50.1 Å². The Kier molecular flexibility index (Phi) is 7.05. The van der Waals surface area contributed by atoms with Crippen molar-refractivity contribution in [3.05, 3.63) is 53.6 Å². The van der Waals surface area contributed by atoms with Gasteiger partial charge in [0.05, 0.1) is 18.7 Å². The summed E-state index contributed by atoms with van der Waals surface area (Å²) in [5, 5.41) is 3.36. The number of hydrogen-bond donors (Lipinski definition) is 1. The van der Waals surface area contributed by atoms with E-state index in [9.17, 15) is 4.79 Å². The summed E-state index contributed by atoms with van der Waals surface area (Å²) in [6.45, 7) is 9.19. The van der Waals surface area contributed by atoms with Crippen LogP contribution in [-0.2, 0) is 16.0 Å². The van der Waals surface area contributed by atoms with Crippen LogP contribution in [0, 0.1) is 5.92 Å². The SMILES string of the molecule is COC1=CCc2cnc(Nc3ccc(N4CCN(CCC=O)CC4)cc3)nc2C1C(C)C. The van der Waals surface area contributed by atoms with Crippen LogP contribution < -0.4 is 10.2 Å². The number of allylic oxidation sites excluding steroid dienone is 2. The lowest BCUT2D eigenvalue weighted by molar-refractivity contribution is -0.108. The number of fused-ring (bicyclic) bond motifs is 1. The Morgan fingerprint density at radius 3 is 2.59 bits per heavy atom. The van der Waals surface area contributed by atoms with Gasteiger partial charge in [-0.05, 0) is 48.2 Å². The number of methoxy groups -OCH3 is 1. The first-order valence-corrected chi connectivity index (χ1v) is 11.5. The molecule has 2 aliphatic rings. The summed E-state index contributed by atoms with van der Waals surface area (Å²) in [7, 11) is 1.74. The maximum absolute atomic E-state index is 10.6. The number of carbonyl (C=O) groups is 1. The van der Waals surface area contributed by atoms with Crippen molar-refractivity contribution in [2.24, 2.45) is 5.92 Å². The molecular weight excluding hydrogens is 402 g/mol. The molecule has 1 aliphatic carbocycles. The van der Waals surface area contributed by atoms with E-state index >= 15 is 0 Å². The van der Waals surface area contributed by atoms with Crippen LogP contribution >= 0.6 is 0 Å². The van der Waals surface area contributed by atoms with Gasteiger partial charge in [0.25, 0.3) is 0 Å². The summed E-state index contributed by atoms with van der Waals surface area (Å²) in [4.78, 5) is 24.7. The number of rotatable bonds is 8. The normalized spacial score (nSPS) is 18.8. The van der Waals surface area contributed by atoms with E-state index in [1.54, 1.807) is 7.11 Å². The minimum atomic E-state index is 0.153. The number of nitrogens with zero attached hydrogens (tertiary/aromatic N) is 4. The zero-order chi connectivity index (χ0) is 22.5. The fourth-order valence-electron chi connectivity index (χ4n) is 4.58. The molecule has 1 atom stereocenters. The van der Waals surface area contributed by atoms with Crippen LogP contribution in [0.5, 0.6) is 0 Å². The van der Waals surface area contributed by atoms with Crippen molar-refractivity contribution in [3.8, 4) is 0 Å². The zero-order valence-electron chi connectivity index (χ0n) is 19.3. The third-order valence-corrected chi connectivity index (χ3v) is 6.35. The molecular formula is C25H33N5O2. The zero-order valence-corrected chi connectivity index (χ0v) is 19.3. The third-order valence-electron chi connectivity index (χ3n) is 6.35. The maximum Gasteiger partial charge on any atom is 0.227 e. The number of carbonyl (C=O) groups excluding carboxylic acids is 1. The second-order valence-corrected chi connectivity index (χ2v) is 8.80. The van der Waals surface area contributed by atoms with Gasteiger partial charge in [-0.15, -0.1) is 0 Å². The molecule has 1 aliphatic heterocycles. The molecule has 170 valence electrons. The monoisotopic (exact) mass is 435 g/mol. The Hall–Kier alpha value is -2.93. The van der Waals surface area contributed by atoms with E-state index in [4.69, 9.17) is 9.72 Å². The van der Waals surface area contributed by atoms with Crippen molar-refractivity contribution in [3.63, 3.8) is 0 Å². The molecule has 0 amide bonds. The van der Waals surface area contributed by atoms with Gasteiger partial charge in [0.15, 0.2) is 0 Å². The number of anilines is 3. The van der Waals surface area contributed by atoms with Gasteiger partial charge in [-0.1, -0.05) is 13.8 Å². The summed E-state index contributed by atoms with van der Waals surface area (Å²) in [5.74, 6) is 2.15. The molecule has 0 radical (unpaired) electrons. The molecule has 1 saturated heterocycles. The first kappa shape index (κ1) is 22.3. The number of benzene rings is 1. The molecule has 1 aromatic heterocycles. The standard InChI is InChI=1S/C25H33N5O2/c1-18(2)23-22(32-3)10-5-19-17-26-25(28-24(19)23)27-20-6-8-21(9-7-20)30-14-12-29(13-15-30)11-4-16-31/h6-10,16-18,23H,4-5,11-15H2,1-3H3,(H,26,27,28). The topological polar surface area (TPSA) is 70.6 Å². The second kappa shape index (κ2) is 10.1. The van der Waals surface area contributed by atoms with E-state index in [0.717, 1.165) is 68.1 Å². The molecule has 7 nitrogen and oxygen atoms in total. The van der Waals surface area contributed by atoms with Gasteiger partial charge in [0.1, 0.15) is 12.0 Å². The number of aldehydes is 1. The molecule has 1 fully saturated rings. The highest BCUT2D eigenvalue weighted by atomic mass is 16.5. The molecule has 1 N–H and O–H groups in total. The highest BCUT2D eigenvalue weighted by Crippen LogP contribution is 2.37. The minimum absolute atomic E-state index is 0.153. The molecule has 32 heavy (non-hydrogen) atoms. The van der Waals surface area contributed by atoms with Gasteiger partial charge in [0.2, 0.25) is 5.95 Å². The van der Waals surface area contributed by atoms with E-state index in [0.29, 0.717) is 18.3 Å². The van der Waals surface area contributed by atoms with Crippen molar-refractivity contribution >= 4 is 23.6 Å². The van der Waals surface area contributed by atoms with Gasteiger partial charge < -0.3 is 19.7 Å². The van der Waals surface area contributed by atoms with Crippen LogP contribution in [0.1, 0.15) is 37.4 Å². The van der Waals surface area contributed by atoms with Gasteiger partial charge in [0, 0.05) is 56.7 Å². The van der Waals surface area contributed by atoms with Crippen LogP contribution in [0.2, 0.25) is 0 Å². The lowest BCUT2D eigenvalue weighted by Crippen LogP contribution is -2.46. The predicted octanol–water partition coefficient (Wildman–Crippen LogP) is 3.76. The van der Waals surface area contributed by atoms with Crippen LogP contribution in [-0.4, -0.2) is 61.0 Å². The Balaban J connectivity index is 1.42. The molecule has 0 saturated carbocycles. The van der Waals surface area contributed by atoms with Crippen molar-refractivity contribution < 1.29 is 9.53 Å². The lowest BCUT2D eigenvalue weighted by Gasteiger charge is -2.35. The molecule has 1 unspecified atom stereocenters. The number of hydrogen-bond acceptors (Lipinski definition) is 7. The van der Waals surface area contributed by atoms with Crippen molar-refractivity contribution in [1.82, 2.24) is 14.9 Å². The summed E-state index contributed by atoms with van der Waals surface area (Å²) in [6, 6.07) is 8.45. The van der Waals surface area contributed by atoms with Crippen LogP contribution in [0.4, 0.5) is 17.3 Å². The van der Waals surface area contributed by atoms with Gasteiger partial charge in [-0.3, -0.25) is 4.90 Å². The smallest absolute Gasteiger partial charge is 0.227 e. The van der Waals surface area contributed by atoms with E-state index in [-0.39, 0.29) is 5.92 Å². The number of ether oxygens (including phenoxy) is 1. The third kappa shape index (κ3) is 4.93. The van der Waals surface area contributed by atoms with Gasteiger partial charge in [-0.25, -0.2) is 9.97 Å². The minimum Gasteiger partial charge on any atom is -0.501 e. The molecule has 2 aromatic rings. The summed E-state index contributed by atoms with van der Waals surface area (Å²) < 4.78 is 5.63. The highest BCUT2D eigenvalue weighted by molar-refractivity contribution is 5.60. The maximum atomic E-state index is 10.6. The van der Waals surface area contributed by atoms with Crippen molar-refractivity contribution in [1.29, 1.82) is 0 Å². The van der Waals surface area contributed by atoms with Crippen LogP contribution in [0.3, 0.4) is 0 Å². The van der Waals surface area contributed by atoms with Gasteiger partial charge in [-0.2, -0.15) is 0 Å². The van der Waals surface area contributed by atoms with E-state index < -0.39 is 0 Å². The molecule has 1 aromatic carbocycles. The van der Waals surface area contributed by atoms with E-state index in [1.165, 1.54) is 5.69 Å². The van der Waals surface area contributed by atoms with Crippen LogP contribution in [0.25, 0.3) is 0 Å². The molecule has 2 heterocycles. The van der Waals surface area contributed by atoms with Crippen molar-refractivity contribution in [2.45, 2.75) is 32.6 Å². The number of aromatic nitrogens is 2. The average molecular weight is 436 g/mol. The quantitative estimate of drug-likeness (QED) is 0.633. The Bertz CT molecular complexity index is 949. The highest BCUT2D eigenvalue weighted by Gasteiger charge is 2.29. The Labute approximate surface area is 190 Å². The van der Waals surface area contributed by atoms with Gasteiger partial charge >= 0.3 is 0 Å². The number of piperazine rings is 1. The average Bonchev–Trinajstić information content (AvgIpc) is 2.82. The second-order valence-electron chi connectivity index (χ2n) is 8.80. The Morgan fingerprint density at radius 1 is 1.19 bits per heavy atom. The summed E-state index contributed by atoms with van der Waals surface area (Å²) >= 11 is 0. The lowest BCUT2D eigenvalue weighted by atomic mass is 9.83.